The van der Waals surface area contributed by atoms with Crippen LogP contribution >= 0.6 is 0 Å². The van der Waals surface area contributed by atoms with Gasteiger partial charge in [-0.1, -0.05) is 6.07 Å². The minimum Gasteiger partial charge on any atom is -0.504 e. The molecular formula is C12H15NO7S. The fourth-order valence-corrected chi connectivity index (χ4v) is 2.17. The maximum atomic E-state index is 11.4. The average Bonchev–Trinajstić information content (AvgIpc) is 2.30. The highest BCUT2D eigenvalue weighted by Gasteiger charge is 2.22. The minimum absolute atomic E-state index is 0.168. The van der Waals surface area contributed by atoms with Gasteiger partial charge in [-0.15, -0.1) is 0 Å². The fourth-order valence-electron chi connectivity index (χ4n) is 1.61. The summed E-state index contributed by atoms with van der Waals surface area (Å²) in [5.74, 6) is -3.85. The molecule has 0 aliphatic rings. The molecule has 4 N–H and O–H groups in total. The molecule has 0 aromatic heterocycles. The Morgan fingerprint density at radius 2 is 1.86 bits per heavy atom. The number of sulfone groups is 1. The second-order valence-electron chi connectivity index (χ2n) is 4.56. The number of carbonyl (C=O) groups is 2. The number of phenolic OH excluding ortho intramolecular Hbond substituents is 2. The van der Waals surface area contributed by atoms with E-state index in [0.717, 1.165) is 12.3 Å². The normalized spacial score (nSPS) is 12.6. The number of aromatic hydroxyl groups is 2. The number of benzene rings is 1. The number of hydrogen-bond acceptors (Lipinski definition) is 6. The number of rotatable bonds is 6. The molecule has 9 heteroatoms. The van der Waals surface area contributed by atoms with E-state index in [4.69, 9.17) is 10.2 Å². The van der Waals surface area contributed by atoms with E-state index in [9.17, 15) is 23.1 Å². The van der Waals surface area contributed by atoms with Crippen molar-refractivity contribution in [3.05, 3.63) is 23.8 Å². The van der Waals surface area contributed by atoms with Crippen molar-refractivity contribution in [1.82, 2.24) is 5.32 Å². The van der Waals surface area contributed by atoms with E-state index in [1.165, 1.54) is 12.1 Å². The van der Waals surface area contributed by atoms with Gasteiger partial charge in [-0.2, -0.15) is 0 Å². The van der Waals surface area contributed by atoms with Crippen LogP contribution in [-0.2, 0) is 25.8 Å². The minimum atomic E-state index is -3.56. The molecule has 1 amide bonds. The molecule has 0 bridgehead atoms. The average molecular weight is 317 g/mol. The van der Waals surface area contributed by atoms with Crippen molar-refractivity contribution in [2.45, 2.75) is 12.5 Å². The maximum Gasteiger partial charge on any atom is 0.326 e. The Morgan fingerprint density at radius 1 is 1.24 bits per heavy atom. The van der Waals surface area contributed by atoms with Gasteiger partial charge in [0, 0.05) is 12.7 Å². The number of amides is 1. The summed E-state index contributed by atoms with van der Waals surface area (Å²) in [5, 5.41) is 29.6. The van der Waals surface area contributed by atoms with Crippen LogP contribution in [0.25, 0.3) is 0 Å². The van der Waals surface area contributed by atoms with E-state index >= 15 is 0 Å². The SMILES string of the molecule is CS(=O)(=O)CC(=O)N[C@@H](Cc1ccc(O)c(O)c1)C(=O)O. The number of aliphatic carboxylic acids is 1. The quantitative estimate of drug-likeness (QED) is 0.506. The number of carboxylic acids is 1. The first kappa shape index (κ1) is 16.8. The lowest BCUT2D eigenvalue weighted by Gasteiger charge is -2.14. The highest BCUT2D eigenvalue weighted by Crippen LogP contribution is 2.25. The third-order valence-corrected chi connectivity index (χ3v) is 3.29. The first-order chi connectivity index (χ1) is 9.58. The van der Waals surface area contributed by atoms with Crippen LogP contribution in [0.2, 0.25) is 0 Å². The smallest absolute Gasteiger partial charge is 0.326 e. The third-order valence-electron chi connectivity index (χ3n) is 2.51. The zero-order valence-electron chi connectivity index (χ0n) is 11.1. The molecule has 1 aromatic rings. The summed E-state index contributed by atoms with van der Waals surface area (Å²) in [7, 11) is -3.56. The topological polar surface area (TPSA) is 141 Å². The summed E-state index contributed by atoms with van der Waals surface area (Å²) in [5.41, 5.74) is 0.359. The van der Waals surface area contributed by atoms with E-state index in [-0.39, 0.29) is 12.2 Å². The van der Waals surface area contributed by atoms with Crippen LogP contribution in [-0.4, -0.2) is 53.7 Å². The Balaban J connectivity index is 2.81. The standard InChI is InChI=1S/C12H15NO7S/c1-21(19,20)6-11(16)13-8(12(17)18)4-7-2-3-9(14)10(15)5-7/h2-3,5,8,14-15H,4,6H2,1H3,(H,13,16)(H,17,18)/t8-/m0/s1. The van der Waals surface area contributed by atoms with Crippen LogP contribution in [0, 0.1) is 0 Å². The van der Waals surface area contributed by atoms with Gasteiger partial charge in [0.15, 0.2) is 21.3 Å². The molecule has 0 saturated heterocycles. The van der Waals surface area contributed by atoms with Crippen molar-refractivity contribution in [3.8, 4) is 11.5 Å². The molecule has 1 aromatic carbocycles. The molecule has 21 heavy (non-hydrogen) atoms. The van der Waals surface area contributed by atoms with Crippen LogP contribution in [0.5, 0.6) is 11.5 Å². The van der Waals surface area contributed by atoms with Crippen LogP contribution in [0.15, 0.2) is 18.2 Å². The van der Waals surface area contributed by atoms with Crippen molar-refractivity contribution in [2.24, 2.45) is 0 Å². The van der Waals surface area contributed by atoms with E-state index in [2.05, 4.69) is 5.32 Å². The molecule has 0 unspecified atom stereocenters. The van der Waals surface area contributed by atoms with E-state index in [0.29, 0.717) is 5.56 Å². The van der Waals surface area contributed by atoms with Gasteiger partial charge in [0.25, 0.3) is 0 Å². The molecule has 0 heterocycles. The lowest BCUT2D eigenvalue weighted by molar-refractivity contribution is -0.141. The largest absolute Gasteiger partial charge is 0.504 e. The summed E-state index contributed by atoms with van der Waals surface area (Å²) in [6.07, 6.45) is 0.693. The number of nitrogens with one attached hydrogen (secondary N) is 1. The second-order valence-corrected chi connectivity index (χ2v) is 6.70. The summed E-state index contributed by atoms with van der Waals surface area (Å²) in [6, 6.07) is 2.38. The van der Waals surface area contributed by atoms with Gasteiger partial charge >= 0.3 is 5.97 Å². The molecular weight excluding hydrogens is 302 g/mol. The number of carboxylic acid groups (broad SMARTS) is 1. The van der Waals surface area contributed by atoms with Gasteiger partial charge in [0.05, 0.1) is 0 Å². The van der Waals surface area contributed by atoms with Crippen LogP contribution in [0.1, 0.15) is 5.56 Å². The number of hydrogen-bond donors (Lipinski definition) is 4. The Hall–Kier alpha value is -2.29. The Bertz CT molecular complexity index is 654. The summed E-state index contributed by atoms with van der Waals surface area (Å²) in [4.78, 5) is 22.5. The van der Waals surface area contributed by atoms with Crippen molar-refractivity contribution in [2.75, 3.05) is 12.0 Å². The van der Waals surface area contributed by atoms with Crippen molar-refractivity contribution >= 4 is 21.7 Å². The molecule has 0 saturated carbocycles. The van der Waals surface area contributed by atoms with Gasteiger partial charge < -0.3 is 20.6 Å². The van der Waals surface area contributed by atoms with Crippen LogP contribution in [0.4, 0.5) is 0 Å². The zero-order valence-corrected chi connectivity index (χ0v) is 11.9. The molecule has 116 valence electrons. The third kappa shape index (κ3) is 5.69. The molecule has 0 aliphatic carbocycles. The number of carbonyl (C=O) groups excluding carboxylic acids is 1. The van der Waals surface area contributed by atoms with Crippen LogP contribution in [0.3, 0.4) is 0 Å². The monoisotopic (exact) mass is 317 g/mol. The van der Waals surface area contributed by atoms with Crippen LogP contribution < -0.4 is 5.32 Å². The molecule has 0 aliphatic heterocycles. The van der Waals surface area contributed by atoms with E-state index in [1.54, 1.807) is 0 Å². The highest BCUT2D eigenvalue weighted by molar-refractivity contribution is 7.91. The summed E-state index contributed by atoms with van der Waals surface area (Å²) < 4.78 is 21.9. The molecule has 1 atom stereocenters. The molecule has 0 spiro atoms. The van der Waals surface area contributed by atoms with Crippen molar-refractivity contribution in [3.63, 3.8) is 0 Å². The number of phenols is 2. The first-order valence-corrected chi connectivity index (χ1v) is 7.85. The summed E-state index contributed by atoms with van der Waals surface area (Å²) in [6.45, 7) is 0. The van der Waals surface area contributed by atoms with Crippen molar-refractivity contribution < 1.29 is 33.3 Å². The summed E-state index contributed by atoms with van der Waals surface area (Å²) >= 11 is 0. The Morgan fingerprint density at radius 3 is 2.33 bits per heavy atom. The van der Waals surface area contributed by atoms with Gasteiger partial charge in [-0.3, -0.25) is 4.79 Å². The Labute approximate surface area is 121 Å². The van der Waals surface area contributed by atoms with Gasteiger partial charge in [-0.25, -0.2) is 13.2 Å². The molecule has 0 fully saturated rings. The predicted octanol–water partition coefficient (Wildman–Crippen LogP) is -0.746. The van der Waals surface area contributed by atoms with Gasteiger partial charge in [0.1, 0.15) is 11.8 Å². The Kier molecular flexibility index (Phi) is 5.14. The van der Waals surface area contributed by atoms with Gasteiger partial charge in [-0.05, 0) is 17.7 Å². The molecule has 8 nitrogen and oxygen atoms in total. The second kappa shape index (κ2) is 6.44. The lowest BCUT2D eigenvalue weighted by atomic mass is 10.1. The van der Waals surface area contributed by atoms with E-state index in [1.807, 2.05) is 0 Å². The predicted molar refractivity (Wildman–Crippen MR) is 72.8 cm³/mol. The molecule has 1 rings (SSSR count). The molecule has 0 radical (unpaired) electrons. The zero-order chi connectivity index (χ0) is 16.2. The van der Waals surface area contributed by atoms with E-state index < -0.39 is 39.3 Å². The van der Waals surface area contributed by atoms with Crippen molar-refractivity contribution in [1.29, 1.82) is 0 Å². The first-order valence-electron chi connectivity index (χ1n) is 5.79. The maximum absolute atomic E-state index is 11.4. The fraction of sp³-hybridized carbons (Fsp3) is 0.333. The van der Waals surface area contributed by atoms with Gasteiger partial charge in [0.2, 0.25) is 5.91 Å². The highest BCUT2D eigenvalue weighted by atomic mass is 32.2. The lowest BCUT2D eigenvalue weighted by Crippen LogP contribution is -2.44.